The number of methoxy groups -OCH3 is 1. The van der Waals surface area contributed by atoms with E-state index in [4.69, 9.17) is 4.74 Å². The third-order valence-corrected chi connectivity index (χ3v) is 5.00. The van der Waals surface area contributed by atoms with Crippen molar-refractivity contribution in [3.63, 3.8) is 0 Å². The molecule has 3 rings (SSSR count). The van der Waals surface area contributed by atoms with Crippen LogP contribution < -0.4 is 10.2 Å². The van der Waals surface area contributed by atoms with Crippen LogP contribution in [0.3, 0.4) is 0 Å². The first kappa shape index (κ1) is 18.1. The maximum absolute atomic E-state index is 12.6. The van der Waals surface area contributed by atoms with Gasteiger partial charge < -0.3 is 15.0 Å². The summed E-state index contributed by atoms with van der Waals surface area (Å²) in [7, 11) is 1.40. The second-order valence-corrected chi connectivity index (χ2v) is 6.76. The molecular weight excluding hydrogens is 328 g/mol. The monoisotopic (exact) mass is 353 g/mol. The van der Waals surface area contributed by atoms with Gasteiger partial charge in [-0.2, -0.15) is 0 Å². The lowest BCUT2D eigenvalue weighted by Gasteiger charge is -2.32. The van der Waals surface area contributed by atoms with Crippen molar-refractivity contribution in [2.75, 3.05) is 13.7 Å². The van der Waals surface area contributed by atoms with E-state index < -0.39 is 0 Å². The average molecular weight is 353 g/mol. The van der Waals surface area contributed by atoms with Crippen LogP contribution >= 0.6 is 0 Å². The van der Waals surface area contributed by atoms with Gasteiger partial charge in [0.15, 0.2) is 12.6 Å². The van der Waals surface area contributed by atoms with Crippen molar-refractivity contribution in [2.24, 2.45) is 0 Å². The molecule has 1 heterocycles. The van der Waals surface area contributed by atoms with E-state index in [0.717, 1.165) is 16.0 Å². The molecule has 0 bridgehead atoms. The number of hydrogen-bond donors (Lipinski definition) is 2. The fourth-order valence-corrected chi connectivity index (χ4v) is 3.56. The molecule has 2 aromatic carbocycles. The number of nitrogens with one attached hydrogen (secondary N) is 2. The molecule has 2 N–H and O–H groups in total. The Bertz CT molecular complexity index is 776. The Labute approximate surface area is 154 Å². The topological polar surface area (TPSA) is 59.8 Å². The number of esters is 1. The van der Waals surface area contributed by atoms with Gasteiger partial charge in [-0.25, -0.2) is 4.79 Å². The summed E-state index contributed by atoms with van der Waals surface area (Å²) >= 11 is 0. The van der Waals surface area contributed by atoms with Crippen molar-refractivity contribution >= 4 is 11.9 Å². The molecule has 2 aromatic rings. The minimum absolute atomic E-state index is 0.0652. The summed E-state index contributed by atoms with van der Waals surface area (Å²) in [6.07, 6.45) is 0.597. The minimum atomic E-state index is -0.354. The van der Waals surface area contributed by atoms with Crippen molar-refractivity contribution in [1.82, 2.24) is 5.32 Å². The molecule has 5 nitrogen and oxygen atoms in total. The molecule has 0 saturated carbocycles. The van der Waals surface area contributed by atoms with E-state index in [-0.39, 0.29) is 30.5 Å². The first-order valence-corrected chi connectivity index (χ1v) is 8.92. The number of amides is 1. The highest BCUT2D eigenvalue weighted by molar-refractivity contribution is 5.78. The SMILES string of the molecule is COC(=O)[C@H]1Cc2ccccc2C[NH+]1CC(=O)N[C@H](C)c1ccccc1. The third kappa shape index (κ3) is 4.11. The van der Waals surface area contributed by atoms with Crippen LogP contribution in [0.5, 0.6) is 0 Å². The van der Waals surface area contributed by atoms with E-state index in [1.807, 2.05) is 55.5 Å². The number of carbonyl (C=O) groups excluding carboxylic acids is 2. The lowest BCUT2D eigenvalue weighted by atomic mass is 9.94. The van der Waals surface area contributed by atoms with Crippen LogP contribution in [0.15, 0.2) is 54.6 Å². The summed E-state index contributed by atoms with van der Waals surface area (Å²) in [4.78, 5) is 25.7. The highest BCUT2D eigenvalue weighted by Crippen LogP contribution is 2.14. The predicted octanol–water partition coefficient (Wildman–Crippen LogP) is 1.05. The normalized spacial score (nSPS) is 19.9. The van der Waals surface area contributed by atoms with Gasteiger partial charge in [-0.1, -0.05) is 54.6 Å². The van der Waals surface area contributed by atoms with Gasteiger partial charge in [0.25, 0.3) is 5.91 Å². The number of quaternary nitrogens is 1. The van der Waals surface area contributed by atoms with Gasteiger partial charge in [0.05, 0.1) is 13.2 Å². The summed E-state index contributed by atoms with van der Waals surface area (Å²) in [5.41, 5.74) is 3.40. The Balaban J connectivity index is 1.70. The van der Waals surface area contributed by atoms with E-state index in [2.05, 4.69) is 11.4 Å². The van der Waals surface area contributed by atoms with E-state index in [9.17, 15) is 9.59 Å². The van der Waals surface area contributed by atoms with Crippen LogP contribution in [0, 0.1) is 0 Å². The Hall–Kier alpha value is -2.66. The van der Waals surface area contributed by atoms with E-state index in [0.29, 0.717) is 13.0 Å². The maximum Gasteiger partial charge on any atom is 0.365 e. The maximum atomic E-state index is 12.6. The summed E-state index contributed by atoms with van der Waals surface area (Å²) in [6.45, 7) is 2.85. The number of ether oxygens (including phenoxy) is 1. The number of fused-ring (bicyclic) bond motifs is 1. The molecule has 0 fully saturated rings. The summed E-state index contributed by atoms with van der Waals surface area (Å²) in [5, 5.41) is 3.03. The van der Waals surface area contributed by atoms with Gasteiger partial charge in [-0.05, 0) is 18.1 Å². The molecule has 136 valence electrons. The summed E-state index contributed by atoms with van der Waals surface area (Å²) in [5.74, 6) is -0.331. The molecule has 1 aliphatic rings. The number of hydrogen-bond acceptors (Lipinski definition) is 3. The Kier molecular flexibility index (Phi) is 5.68. The fraction of sp³-hybridized carbons (Fsp3) is 0.333. The van der Waals surface area contributed by atoms with Crippen LogP contribution in [0.1, 0.15) is 29.7 Å². The van der Waals surface area contributed by atoms with Crippen molar-refractivity contribution in [3.8, 4) is 0 Å². The first-order valence-electron chi connectivity index (χ1n) is 8.92. The van der Waals surface area contributed by atoms with E-state index in [1.54, 1.807) is 0 Å². The lowest BCUT2D eigenvalue weighted by Crippen LogP contribution is -3.17. The summed E-state index contributed by atoms with van der Waals surface area (Å²) in [6, 6.07) is 17.5. The molecule has 26 heavy (non-hydrogen) atoms. The molecule has 0 spiro atoms. The Morgan fingerprint density at radius 3 is 2.46 bits per heavy atom. The number of rotatable bonds is 5. The zero-order chi connectivity index (χ0) is 18.5. The average Bonchev–Trinajstić information content (AvgIpc) is 2.67. The zero-order valence-electron chi connectivity index (χ0n) is 15.2. The molecular formula is C21H25N2O3+. The van der Waals surface area contributed by atoms with Gasteiger partial charge in [-0.3, -0.25) is 4.79 Å². The van der Waals surface area contributed by atoms with Crippen LogP contribution in [-0.2, 0) is 27.3 Å². The van der Waals surface area contributed by atoms with Crippen molar-refractivity contribution in [1.29, 1.82) is 0 Å². The van der Waals surface area contributed by atoms with E-state index >= 15 is 0 Å². The highest BCUT2D eigenvalue weighted by Gasteiger charge is 2.37. The number of carbonyl (C=O) groups is 2. The molecule has 3 atom stereocenters. The van der Waals surface area contributed by atoms with Gasteiger partial charge >= 0.3 is 5.97 Å². The largest absolute Gasteiger partial charge is 0.465 e. The third-order valence-electron chi connectivity index (χ3n) is 5.00. The van der Waals surface area contributed by atoms with Crippen LogP contribution in [0.25, 0.3) is 0 Å². The van der Waals surface area contributed by atoms with Crippen LogP contribution in [0.2, 0.25) is 0 Å². The molecule has 1 amide bonds. The molecule has 1 unspecified atom stereocenters. The van der Waals surface area contributed by atoms with Gasteiger partial charge in [0.1, 0.15) is 6.54 Å². The molecule has 0 aromatic heterocycles. The first-order chi connectivity index (χ1) is 12.6. The lowest BCUT2D eigenvalue weighted by molar-refractivity contribution is -0.924. The Morgan fingerprint density at radius 1 is 1.12 bits per heavy atom. The Morgan fingerprint density at radius 2 is 1.77 bits per heavy atom. The standard InChI is InChI=1S/C21H24N2O3/c1-15(16-8-4-3-5-9-16)22-20(24)14-23-13-18-11-7-6-10-17(18)12-19(23)21(25)26-2/h3-11,15,19H,12-14H2,1-2H3,(H,22,24)/p+1/t15-,19-/m1/s1. The smallest absolute Gasteiger partial charge is 0.365 e. The molecule has 5 heteroatoms. The second kappa shape index (κ2) is 8.15. The van der Waals surface area contributed by atoms with Gasteiger partial charge in [0, 0.05) is 12.0 Å². The van der Waals surface area contributed by atoms with E-state index in [1.165, 1.54) is 12.7 Å². The quantitative estimate of drug-likeness (QED) is 0.790. The van der Waals surface area contributed by atoms with Crippen LogP contribution in [-0.4, -0.2) is 31.6 Å². The molecule has 0 saturated heterocycles. The predicted molar refractivity (Wildman–Crippen MR) is 98.5 cm³/mol. The van der Waals surface area contributed by atoms with Gasteiger partial charge in [0.2, 0.25) is 0 Å². The molecule has 0 radical (unpaired) electrons. The number of benzene rings is 2. The van der Waals surface area contributed by atoms with Crippen molar-refractivity contribution in [2.45, 2.75) is 32.0 Å². The molecule has 1 aliphatic heterocycles. The zero-order valence-corrected chi connectivity index (χ0v) is 15.2. The highest BCUT2D eigenvalue weighted by atomic mass is 16.5. The second-order valence-electron chi connectivity index (χ2n) is 6.76. The minimum Gasteiger partial charge on any atom is -0.465 e. The van der Waals surface area contributed by atoms with Crippen LogP contribution in [0.4, 0.5) is 0 Å². The van der Waals surface area contributed by atoms with Crippen molar-refractivity contribution < 1.29 is 19.2 Å². The fourth-order valence-electron chi connectivity index (χ4n) is 3.56. The van der Waals surface area contributed by atoms with Crippen molar-refractivity contribution in [3.05, 3.63) is 71.3 Å². The summed E-state index contributed by atoms with van der Waals surface area (Å²) < 4.78 is 4.98. The van der Waals surface area contributed by atoms with Gasteiger partial charge in [-0.15, -0.1) is 0 Å². The molecule has 0 aliphatic carbocycles.